The van der Waals surface area contributed by atoms with Gasteiger partial charge in [-0.3, -0.25) is 0 Å². The van der Waals surface area contributed by atoms with Gasteiger partial charge in [-0.15, -0.1) is 11.3 Å². The Morgan fingerprint density at radius 2 is 2.11 bits per heavy atom. The van der Waals surface area contributed by atoms with Crippen molar-refractivity contribution < 1.29 is 5.11 Å². The minimum atomic E-state index is 0.272. The van der Waals surface area contributed by atoms with E-state index in [1.54, 1.807) is 11.3 Å². The first-order valence-electron chi connectivity index (χ1n) is 11.0. The predicted molar refractivity (Wildman–Crippen MR) is 120 cm³/mol. The zero-order chi connectivity index (χ0) is 20.0. The van der Waals surface area contributed by atoms with E-state index in [2.05, 4.69) is 49.7 Å². The molecule has 0 radical (unpaired) electrons. The third-order valence-electron chi connectivity index (χ3n) is 6.05. The molecule has 2 aromatic rings. The number of aliphatic hydroxyl groups is 1. The molecule has 28 heavy (non-hydrogen) atoms. The van der Waals surface area contributed by atoms with Crippen LogP contribution in [0.5, 0.6) is 0 Å². The molecule has 1 unspecified atom stereocenters. The van der Waals surface area contributed by atoms with Gasteiger partial charge in [-0.05, 0) is 74.1 Å². The van der Waals surface area contributed by atoms with Gasteiger partial charge in [-0.1, -0.05) is 39.3 Å². The lowest BCUT2D eigenvalue weighted by Crippen LogP contribution is -2.30. The lowest BCUT2D eigenvalue weighted by Gasteiger charge is -2.18. The van der Waals surface area contributed by atoms with Crippen LogP contribution < -0.4 is 5.32 Å². The molecule has 0 saturated carbocycles. The van der Waals surface area contributed by atoms with Crippen LogP contribution in [0, 0.1) is 0 Å². The van der Waals surface area contributed by atoms with Crippen LogP contribution in [0.4, 0.5) is 0 Å². The van der Waals surface area contributed by atoms with Gasteiger partial charge in [0, 0.05) is 23.6 Å². The molecule has 0 fully saturated rings. The second kappa shape index (κ2) is 10.00. The number of nitrogens with one attached hydrogen (secondary N) is 1. The molecule has 2 N–H and O–H groups in total. The van der Waals surface area contributed by atoms with Gasteiger partial charge in [-0.2, -0.15) is 0 Å². The van der Waals surface area contributed by atoms with Gasteiger partial charge in [0.15, 0.2) is 0 Å². The van der Waals surface area contributed by atoms with E-state index in [4.69, 9.17) is 10.1 Å². The fourth-order valence-electron chi connectivity index (χ4n) is 4.34. The second-order valence-corrected chi connectivity index (χ2v) is 9.73. The highest BCUT2D eigenvalue weighted by Gasteiger charge is 2.29. The molecule has 4 heteroatoms. The molecule has 3 rings (SSSR count). The number of aromatic nitrogens is 1. The smallest absolute Gasteiger partial charge is 0.0932 e. The maximum Gasteiger partial charge on any atom is 0.0932 e. The lowest BCUT2D eigenvalue weighted by atomic mass is 9.86. The number of aryl methyl sites for hydroxylation is 2. The zero-order valence-corrected chi connectivity index (χ0v) is 18.6. The fourth-order valence-corrected chi connectivity index (χ4v) is 5.19. The Kier molecular flexibility index (Phi) is 7.67. The van der Waals surface area contributed by atoms with E-state index in [-0.39, 0.29) is 6.61 Å². The summed E-state index contributed by atoms with van der Waals surface area (Å²) in [7, 11) is 0. The molecule has 0 saturated heterocycles. The molecule has 1 aliphatic rings. The van der Waals surface area contributed by atoms with Crippen LogP contribution in [0.15, 0.2) is 23.6 Å². The average Bonchev–Trinajstić information content (AvgIpc) is 3.26. The van der Waals surface area contributed by atoms with E-state index < -0.39 is 0 Å². The molecule has 0 spiro atoms. The van der Waals surface area contributed by atoms with Crippen LogP contribution in [0.3, 0.4) is 0 Å². The van der Waals surface area contributed by atoms with Gasteiger partial charge in [0.2, 0.25) is 0 Å². The number of fused-ring (bicyclic) bond motifs is 1. The minimum absolute atomic E-state index is 0.272. The fraction of sp³-hybridized carbons (Fsp3) is 0.625. The second-order valence-electron chi connectivity index (χ2n) is 8.79. The van der Waals surface area contributed by atoms with Crippen molar-refractivity contribution in [2.45, 2.75) is 83.6 Å². The average molecular weight is 401 g/mol. The highest BCUT2D eigenvalue weighted by molar-refractivity contribution is 7.09. The van der Waals surface area contributed by atoms with Crippen molar-refractivity contribution in [3.63, 3.8) is 0 Å². The van der Waals surface area contributed by atoms with Crippen LogP contribution in [-0.2, 0) is 18.3 Å². The van der Waals surface area contributed by atoms with Crippen molar-refractivity contribution in [2.75, 3.05) is 13.2 Å². The van der Waals surface area contributed by atoms with E-state index in [0.29, 0.717) is 11.5 Å². The van der Waals surface area contributed by atoms with Gasteiger partial charge in [0.05, 0.1) is 10.7 Å². The number of nitrogens with zero attached hydrogens (tertiary/aromatic N) is 1. The van der Waals surface area contributed by atoms with E-state index in [0.717, 1.165) is 25.1 Å². The number of rotatable bonds is 11. The predicted octanol–water partition coefficient (Wildman–Crippen LogP) is 5.50. The summed E-state index contributed by atoms with van der Waals surface area (Å²) < 4.78 is 0. The van der Waals surface area contributed by atoms with Gasteiger partial charge in [0.25, 0.3) is 0 Å². The Morgan fingerprint density at radius 1 is 1.25 bits per heavy atom. The van der Waals surface area contributed by atoms with Crippen molar-refractivity contribution in [1.29, 1.82) is 0 Å². The Bertz CT molecular complexity index is 753. The van der Waals surface area contributed by atoms with Crippen LogP contribution in [0.1, 0.15) is 75.4 Å². The van der Waals surface area contributed by atoms with Gasteiger partial charge in [-0.25, -0.2) is 4.98 Å². The Balaban J connectivity index is 1.54. The summed E-state index contributed by atoms with van der Waals surface area (Å²) >= 11 is 1.80. The number of aliphatic hydroxyl groups excluding tert-OH is 1. The first-order chi connectivity index (χ1) is 13.5. The quantitative estimate of drug-likeness (QED) is 0.490. The van der Waals surface area contributed by atoms with Crippen molar-refractivity contribution in [1.82, 2.24) is 10.3 Å². The SMILES string of the molecule is CCCC(CCCc1nc(-c2ccc3c(c2)CCC3(C)C)cs1)NCCCO. The Labute approximate surface area is 174 Å². The topological polar surface area (TPSA) is 45.2 Å². The zero-order valence-electron chi connectivity index (χ0n) is 17.8. The highest BCUT2D eigenvalue weighted by atomic mass is 32.1. The maximum atomic E-state index is 8.96. The van der Waals surface area contributed by atoms with Crippen molar-refractivity contribution in [3.8, 4) is 11.3 Å². The minimum Gasteiger partial charge on any atom is -0.396 e. The van der Waals surface area contributed by atoms with Crippen LogP contribution >= 0.6 is 11.3 Å². The highest BCUT2D eigenvalue weighted by Crippen LogP contribution is 2.40. The summed E-state index contributed by atoms with van der Waals surface area (Å²) in [6.45, 7) is 8.13. The molecular formula is C24H36N2OS. The van der Waals surface area contributed by atoms with Crippen LogP contribution in [0.2, 0.25) is 0 Å². The summed E-state index contributed by atoms with van der Waals surface area (Å²) in [5, 5.41) is 16.0. The molecule has 0 bridgehead atoms. The molecule has 1 aromatic heterocycles. The summed E-state index contributed by atoms with van der Waals surface area (Å²) in [6.07, 6.45) is 9.10. The molecular weight excluding hydrogens is 364 g/mol. The largest absolute Gasteiger partial charge is 0.396 e. The Morgan fingerprint density at radius 3 is 2.89 bits per heavy atom. The van der Waals surface area contributed by atoms with Crippen molar-refractivity contribution in [2.24, 2.45) is 0 Å². The number of benzene rings is 1. The van der Waals surface area contributed by atoms with Crippen molar-refractivity contribution >= 4 is 11.3 Å². The maximum absolute atomic E-state index is 8.96. The number of hydrogen-bond donors (Lipinski definition) is 2. The molecule has 154 valence electrons. The molecule has 1 atom stereocenters. The van der Waals surface area contributed by atoms with Crippen LogP contribution in [-0.4, -0.2) is 29.3 Å². The summed E-state index contributed by atoms with van der Waals surface area (Å²) in [5.41, 5.74) is 5.75. The van der Waals surface area contributed by atoms with E-state index >= 15 is 0 Å². The first kappa shape index (κ1) is 21.5. The monoisotopic (exact) mass is 400 g/mol. The third kappa shape index (κ3) is 5.43. The number of thiazole rings is 1. The van der Waals surface area contributed by atoms with E-state index in [1.807, 2.05) is 0 Å². The summed E-state index contributed by atoms with van der Waals surface area (Å²) in [6, 6.07) is 7.51. The normalized spacial score (nSPS) is 16.3. The van der Waals surface area contributed by atoms with Gasteiger partial charge < -0.3 is 10.4 Å². The third-order valence-corrected chi connectivity index (χ3v) is 6.96. The van der Waals surface area contributed by atoms with Crippen molar-refractivity contribution in [3.05, 3.63) is 39.7 Å². The summed E-state index contributed by atoms with van der Waals surface area (Å²) in [4.78, 5) is 4.93. The molecule has 1 heterocycles. The first-order valence-corrected chi connectivity index (χ1v) is 11.8. The van der Waals surface area contributed by atoms with E-state index in [1.165, 1.54) is 60.2 Å². The molecule has 0 aliphatic heterocycles. The van der Waals surface area contributed by atoms with Gasteiger partial charge in [0.1, 0.15) is 0 Å². The summed E-state index contributed by atoms with van der Waals surface area (Å²) in [5.74, 6) is 0. The standard InChI is InChI=1S/C24H36N2OS/c1-4-7-20(25-14-6-15-27)8-5-9-23-26-22(17-28-23)19-10-11-21-18(16-19)12-13-24(21,2)3/h10-11,16-17,20,25,27H,4-9,12-15H2,1-3H3. The molecule has 1 aromatic carbocycles. The molecule has 0 amide bonds. The van der Waals surface area contributed by atoms with E-state index in [9.17, 15) is 0 Å². The number of hydrogen-bond acceptors (Lipinski definition) is 4. The van der Waals surface area contributed by atoms with Crippen LogP contribution in [0.25, 0.3) is 11.3 Å². The molecule has 1 aliphatic carbocycles. The Hall–Kier alpha value is -1.23. The lowest BCUT2D eigenvalue weighted by molar-refractivity contribution is 0.281. The van der Waals surface area contributed by atoms with Gasteiger partial charge >= 0.3 is 0 Å². The molecule has 3 nitrogen and oxygen atoms in total.